The van der Waals surface area contributed by atoms with Crippen molar-refractivity contribution in [2.45, 2.75) is 46.0 Å². The summed E-state index contributed by atoms with van der Waals surface area (Å²) < 4.78 is 2.28. The van der Waals surface area contributed by atoms with Crippen molar-refractivity contribution in [2.24, 2.45) is 4.99 Å². The molecule has 0 spiro atoms. The Balaban J connectivity index is 1.12. The summed E-state index contributed by atoms with van der Waals surface area (Å²) in [4.78, 5) is 12.5. The van der Waals surface area contributed by atoms with Crippen LogP contribution >= 0.6 is 0 Å². The summed E-state index contributed by atoms with van der Waals surface area (Å²) in [6.07, 6.45) is 4.84. The van der Waals surface area contributed by atoms with Gasteiger partial charge in [-0.25, -0.2) is 4.98 Å². The number of rotatable bonds is 10. The minimum atomic E-state index is 0.353. The number of imidazole rings is 1. The number of amidine groups is 1. The van der Waals surface area contributed by atoms with Gasteiger partial charge in [-0.05, 0) is 63.8 Å². The number of hydrogen-bond acceptors (Lipinski definition) is 3. The van der Waals surface area contributed by atoms with Crippen LogP contribution in [0.2, 0.25) is 0 Å². The molecule has 0 unspecified atom stereocenters. The van der Waals surface area contributed by atoms with E-state index in [4.69, 9.17) is 9.98 Å². The Labute approximate surface area is 314 Å². The first-order chi connectivity index (χ1) is 26.0. The largest absolute Gasteiger partial charge is 0.323 e. The molecule has 7 aromatic rings. The molecule has 0 saturated heterocycles. The number of para-hydroxylation sites is 2. The van der Waals surface area contributed by atoms with Gasteiger partial charge >= 0.3 is 0 Å². The highest BCUT2D eigenvalue weighted by molar-refractivity contribution is 6.13. The Morgan fingerprint density at radius 2 is 1.08 bits per heavy atom. The summed E-state index contributed by atoms with van der Waals surface area (Å²) in [5.41, 5.74) is 14.8. The topological polar surface area (TPSA) is 33.4 Å². The predicted octanol–water partition coefficient (Wildman–Crippen LogP) is 12.0. The van der Waals surface area contributed by atoms with E-state index < -0.39 is 0 Å². The number of benzene rings is 6. The van der Waals surface area contributed by atoms with Gasteiger partial charge in [-0.15, -0.1) is 0 Å². The van der Waals surface area contributed by atoms with Crippen molar-refractivity contribution in [3.8, 4) is 39.3 Å². The van der Waals surface area contributed by atoms with Gasteiger partial charge in [0.15, 0.2) is 0 Å². The first-order valence-electron chi connectivity index (χ1n) is 18.9. The van der Waals surface area contributed by atoms with Gasteiger partial charge in [0.05, 0.1) is 17.9 Å². The second kappa shape index (κ2) is 14.9. The van der Waals surface area contributed by atoms with E-state index in [2.05, 4.69) is 189 Å². The molecule has 53 heavy (non-hydrogen) atoms. The van der Waals surface area contributed by atoms with Crippen LogP contribution in [0.25, 0.3) is 39.3 Å². The first kappa shape index (κ1) is 34.1. The van der Waals surface area contributed by atoms with Gasteiger partial charge in [0.2, 0.25) is 0 Å². The summed E-state index contributed by atoms with van der Waals surface area (Å²) in [6, 6.07) is 52.6. The Bertz CT molecular complexity index is 2380. The van der Waals surface area contributed by atoms with E-state index in [1.165, 1.54) is 55.9 Å². The average molecular weight is 691 g/mol. The van der Waals surface area contributed by atoms with Crippen molar-refractivity contribution in [2.75, 3.05) is 18.0 Å². The molecular weight excluding hydrogens is 645 g/mol. The SMILES string of the molecule is CC(C)c1cccc(-c2ccccc2)c1N1CCN=C1c1cccc(Cc2cccc(-c3nccn3-c3c(-c4ccccc4)cccc3C(C)C)c2)c1. The van der Waals surface area contributed by atoms with E-state index in [9.17, 15) is 0 Å². The molecule has 4 heteroatoms. The van der Waals surface area contributed by atoms with E-state index in [1.54, 1.807) is 0 Å². The average Bonchev–Trinajstić information content (AvgIpc) is 3.89. The van der Waals surface area contributed by atoms with Crippen LogP contribution in [0.3, 0.4) is 0 Å². The smallest absolute Gasteiger partial charge is 0.144 e. The molecule has 1 aromatic heterocycles. The lowest BCUT2D eigenvalue weighted by atomic mass is 9.93. The highest BCUT2D eigenvalue weighted by atomic mass is 15.2. The third kappa shape index (κ3) is 6.85. The van der Waals surface area contributed by atoms with Crippen LogP contribution < -0.4 is 4.90 Å². The van der Waals surface area contributed by atoms with Crippen molar-refractivity contribution in [3.05, 3.63) is 186 Å². The molecule has 0 N–H and O–H groups in total. The van der Waals surface area contributed by atoms with Crippen LogP contribution in [0, 0.1) is 0 Å². The number of anilines is 1. The van der Waals surface area contributed by atoms with Gasteiger partial charge in [0.25, 0.3) is 0 Å². The fraction of sp³-hybridized carbons (Fsp3) is 0.184. The molecule has 8 rings (SSSR count). The van der Waals surface area contributed by atoms with Crippen LogP contribution in [0.5, 0.6) is 0 Å². The Morgan fingerprint density at radius 3 is 1.70 bits per heavy atom. The molecular formula is C49H46N4. The Kier molecular flexibility index (Phi) is 9.60. The minimum Gasteiger partial charge on any atom is -0.323 e. The zero-order valence-corrected chi connectivity index (χ0v) is 31.1. The molecule has 0 saturated carbocycles. The van der Waals surface area contributed by atoms with Crippen LogP contribution in [0.4, 0.5) is 5.69 Å². The van der Waals surface area contributed by atoms with Gasteiger partial charge in [-0.2, -0.15) is 0 Å². The molecule has 1 aliphatic heterocycles. The number of aromatic nitrogens is 2. The normalized spacial score (nSPS) is 12.9. The molecule has 6 aromatic carbocycles. The fourth-order valence-electron chi connectivity index (χ4n) is 7.81. The fourth-order valence-corrected chi connectivity index (χ4v) is 7.81. The number of aliphatic imine (C=N–C) groups is 1. The second-order valence-electron chi connectivity index (χ2n) is 14.6. The molecule has 0 fully saturated rings. The molecule has 2 heterocycles. The maximum absolute atomic E-state index is 5.11. The Morgan fingerprint density at radius 1 is 0.547 bits per heavy atom. The quantitative estimate of drug-likeness (QED) is 0.143. The van der Waals surface area contributed by atoms with E-state index in [0.717, 1.165) is 42.3 Å². The Hall–Kier alpha value is -6.00. The van der Waals surface area contributed by atoms with Crippen molar-refractivity contribution in [1.82, 2.24) is 9.55 Å². The van der Waals surface area contributed by atoms with Crippen LogP contribution in [0.15, 0.2) is 163 Å². The zero-order chi connectivity index (χ0) is 36.3. The summed E-state index contributed by atoms with van der Waals surface area (Å²) in [7, 11) is 0. The lowest BCUT2D eigenvalue weighted by Gasteiger charge is -2.28. The summed E-state index contributed by atoms with van der Waals surface area (Å²) >= 11 is 0. The standard InChI is InChI=1S/C49H46N4/c1-34(2)42-23-13-25-44(38-17-7-5-8-18-38)46(42)52-29-27-50-48(52)40-21-11-15-36(32-40)31-37-16-12-22-41(33-37)49-51-28-30-53(49)47-43(35(3)4)24-14-26-45(47)39-19-9-6-10-20-39/h5-27,29,32-35H,28,30-31H2,1-4H3. The predicted molar refractivity (Wildman–Crippen MR) is 222 cm³/mol. The van der Waals surface area contributed by atoms with Gasteiger partial charge in [0.1, 0.15) is 11.7 Å². The lowest BCUT2D eigenvalue weighted by molar-refractivity contribution is 0.848. The maximum Gasteiger partial charge on any atom is 0.144 e. The van der Waals surface area contributed by atoms with E-state index in [0.29, 0.717) is 11.8 Å². The third-order valence-corrected chi connectivity index (χ3v) is 10.3. The lowest BCUT2D eigenvalue weighted by Crippen LogP contribution is -2.30. The molecule has 0 aliphatic carbocycles. The number of nitrogens with zero attached hydrogens (tertiary/aromatic N) is 4. The first-order valence-corrected chi connectivity index (χ1v) is 18.9. The molecule has 0 atom stereocenters. The van der Waals surface area contributed by atoms with Gasteiger partial charge in [-0.3, -0.25) is 9.56 Å². The molecule has 1 aliphatic rings. The van der Waals surface area contributed by atoms with Gasteiger partial charge in [-0.1, -0.05) is 161 Å². The van der Waals surface area contributed by atoms with Gasteiger partial charge in [0, 0.05) is 41.2 Å². The monoisotopic (exact) mass is 690 g/mol. The molecule has 4 nitrogen and oxygen atoms in total. The highest BCUT2D eigenvalue weighted by Crippen LogP contribution is 2.40. The zero-order valence-electron chi connectivity index (χ0n) is 31.1. The minimum absolute atomic E-state index is 0.353. The molecule has 0 amide bonds. The molecule has 0 bridgehead atoms. The van der Waals surface area contributed by atoms with Crippen molar-refractivity contribution in [3.63, 3.8) is 0 Å². The van der Waals surface area contributed by atoms with E-state index in [1.807, 2.05) is 6.20 Å². The van der Waals surface area contributed by atoms with Crippen molar-refractivity contribution < 1.29 is 0 Å². The van der Waals surface area contributed by atoms with E-state index >= 15 is 0 Å². The summed E-state index contributed by atoms with van der Waals surface area (Å²) in [5.74, 6) is 2.73. The third-order valence-electron chi connectivity index (χ3n) is 10.3. The van der Waals surface area contributed by atoms with Crippen molar-refractivity contribution in [1.29, 1.82) is 0 Å². The van der Waals surface area contributed by atoms with Crippen LogP contribution in [0.1, 0.15) is 67.3 Å². The summed E-state index contributed by atoms with van der Waals surface area (Å²) in [6.45, 7) is 10.7. The highest BCUT2D eigenvalue weighted by Gasteiger charge is 2.26. The molecule has 262 valence electrons. The maximum atomic E-state index is 5.11. The number of hydrogen-bond donors (Lipinski definition) is 0. The van der Waals surface area contributed by atoms with E-state index in [-0.39, 0.29) is 0 Å². The van der Waals surface area contributed by atoms with Crippen molar-refractivity contribution >= 4 is 11.5 Å². The van der Waals surface area contributed by atoms with Crippen LogP contribution in [-0.2, 0) is 6.42 Å². The second-order valence-corrected chi connectivity index (χ2v) is 14.6. The summed E-state index contributed by atoms with van der Waals surface area (Å²) in [5, 5.41) is 0. The molecule has 0 radical (unpaired) electrons. The van der Waals surface area contributed by atoms with Gasteiger partial charge < -0.3 is 4.90 Å². The van der Waals surface area contributed by atoms with Crippen LogP contribution in [-0.4, -0.2) is 28.5 Å².